The molecule has 1 N–H and O–H groups in total. The van der Waals surface area contributed by atoms with E-state index in [0.717, 1.165) is 29.0 Å². The highest BCUT2D eigenvalue weighted by Crippen LogP contribution is 2.26. The van der Waals surface area contributed by atoms with Crippen LogP contribution in [0.3, 0.4) is 0 Å². The molecule has 106 valence electrons. The molecule has 4 heteroatoms. The number of halogens is 1. The molecule has 1 aliphatic carbocycles. The third-order valence-electron chi connectivity index (χ3n) is 3.69. The molecule has 3 rings (SSSR count). The average Bonchev–Trinajstić information content (AvgIpc) is 3.18. The summed E-state index contributed by atoms with van der Waals surface area (Å²) in [5, 5.41) is 5.59. The average molecular weight is 307 g/mol. The highest BCUT2D eigenvalue weighted by Gasteiger charge is 2.23. The second kappa shape index (κ2) is 6.25. The van der Waals surface area contributed by atoms with Crippen LogP contribution in [0.4, 0.5) is 0 Å². The van der Waals surface area contributed by atoms with Crippen LogP contribution >= 0.6 is 22.9 Å². The number of hydrogen-bond donors (Lipinski definition) is 1. The second-order valence-corrected chi connectivity index (χ2v) is 7.24. The first-order chi connectivity index (χ1) is 9.70. The molecule has 1 unspecified atom stereocenters. The molecule has 0 saturated heterocycles. The maximum absolute atomic E-state index is 5.99. The minimum absolute atomic E-state index is 0.493. The molecule has 1 aliphatic rings. The smallest absolute Gasteiger partial charge is 0.0896 e. The summed E-state index contributed by atoms with van der Waals surface area (Å²) in [6.07, 6.45) is 5.72. The van der Waals surface area contributed by atoms with Crippen LogP contribution in [0.25, 0.3) is 0 Å². The summed E-state index contributed by atoms with van der Waals surface area (Å²) in [6.45, 7) is 3.09. The van der Waals surface area contributed by atoms with Gasteiger partial charge >= 0.3 is 0 Å². The molecule has 0 spiro atoms. The van der Waals surface area contributed by atoms with Gasteiger partial charge in [-0.1, -0.05) is 23.7 Å². The van der Waals surface area contributed by atoms with Crippen molar-refractivity contribution in [1.29, 1.82) is 0 Å². The molecule has 2 nitrogen and oxygen atoms in total. The van der Waals surface area contributed by atoms with Gasteiger partial charge in [-0.2, -0.15) is 0 Å². The van der Waals surface area contributed by atoms with E-state index in [-0.39, 0.29) is 0 Å². The SMILES string of the molecule is Cc1ncc(CC(CNC2CC2)c2ccc(Cl)cc2)s1. The molecular weight excluding hydrogens is 288 g/mol. The van der Waals surface area contributed by atoms with Crippen molar-refractivity contribution in [2.24, 2.45) is 0 Å². The molecule has 1 aromatic heterocycles. The van der Waals surface area contributed by atoms with Crippen molar-refractivity contribution in [2.75, 3.05) is 6.54 Å². The van der Waals surface area contributed by atoms with Crippen molar-refractivity contribution in [1.82, 2.24) is 10.3 Å². The molecule has 0 bridgehead atoms. The molecular formula is C16H19ClN2S. The van der Waals surface area contributed by atoms with Crippen molar-refractivity contribution in [3.05, 3.63) is 50.9 Å². The third kappa shape index (κ3) is 3.81. The quantitative estimate of drug-likeness (QED) is 0.866. The van der Waals surface area contributed by atoms with E-state index in [0.29, 0.717) is 5.92 Å². The Morgan fingerprint density at radius 3 is 2.70 bits per heavy atom. The molecule has 1 atom stereocenters. The van der Waals surface area contributed by atoms with E-state index < -0.39 is 0 Å². The standard InChI is InChI=1S/C16H19ClN2S/c1-11-18-10-16(20-11)8-13(9-19-15-6-7-15)12-2-4-14(17)5-3-12/h2-5,10,13,15,19H,6-9H2,1H3. The predicted octanol–water partition coefficient (Wildman–Crippen LogP) is 4.18. The number of hydrogen-bond acceptors (Lipinski definition) is 3. The fraction of sp³-hybridized carbons (Fsp3) is 0.438. The van der Waals surface area contributed by atoms with Gasteiger partial charge in [-0.3, -0.25) is 0 Å². The van der Waals surface area contributed by atoms with Crippen molar-refractivity contribution >= 4 is 22.9 Å². The van der Waals surface area contributed by atoms with Crippen LogP contribution in [0.15, 0.2) is 30.5 Å². The zero-order valence-corrected chi connectivity index (χ0v) is 13.2. The molecule has 0 aliphatic heterocycles. The normalized spacial score (nSPS) is 16.3. The van der Waals surface area contributed by atoms with Crippen LogP contribution in [0.2, 0.25) is 5.02 Å². The first kappa shape index (κ1) is 14.1. The zero-order valence-electron chi connectivity index (χ0n) is 11.6. The van der Waals surface area contributed by atoms with Crippen molar-refractivity contribution in [3.63, 3.8) is 0 Å². The summed E-state index contributed by atoms with van der Waals surface area (Å²) in [4.78, 5) is 5.72. The van der Waals surface area contributed by atoms with Crippen molar-refractivity contribution < 1.29 is 0 Å². The van der Waals surface area contributed by atoms with Gasteiger partial charge in [-0.05, 0) is 43.9 Å². The lowest BCUT2D eigenvalue weighted by atomic mass is 9.95. The van der Waals surface area contributed by atoms with E-state index in [1.165, 1.54) is 23.3 Å². The van der Waals surface area contributed by atoms with Gasteiger partial charge in [0, 0.05) is 34.6 Å². The van der Waals surface area contributed by atoms with Crippen molar-refractivity contribution in [2.45, 2.75) is 38.1 Å². The van der Waals surface area contributed by atoms with Gasteiger partial charge in [0.15, 0.2) is 0 Å². The molecule has 2 aromatic rings. The Bertz CT molecular complexity index is 560. The van der Waals surface area contributed by atoms with E-state index in [2.05, 4.69) is 29.4 Å². The van der Waals surface area contributed by atoms with Gasteiger partial charge in [0.05, 0.1) is 5.01 Å². The van der Waals surface area contributed by atoms with Crippen molar-refractivity contribution in [3.8, 4) is 0 Å². The Morgan fingerprint density at radius 2 is 2.10 bits per heavy atom. The van der Waals surface area contributed by atoms with Crippen LogP contribution in [-0.4, -0.2) is 17.6 Å². The highest BCUT2D eigenvalue weighted by molar-refractivity contribution is 7.11. The van der Waals surface area contributed by atoms with Gasteiger partial charge in [0.2, 0.25) is 0 Å². The Labute approximate surface area is 129 Å². The number of benzene rings is 1. The summed E-state index contributed by atoms with van der Waals surface area (Å²) in [6, 6.07) is 9.01. The van der Waals surface area contributed by atoms with Crippen LogP contribution in [0, 0.1) is 6.92 Å². The molecule has 20 heavy (non-hydrogen) atoms. The largest absolute Gasteiger partial charge is 0.313 e. The Kier molecular flexibility index (Phi) is 4.39. The molecule has 0 radical (unpaired) electrons. The number of nitrogens with one attached hydrogen (secondary N) is 1. The number of rotatable bonds is 6. The molecule has 1 aromatic carbocycles. The number of nitrogens with zero attached hydrogens (tertiary/aromatic N) is 1. The predicted molar refractivity (Wildman–Crippen MR) is 85.8 cm³/mol. The number of aromatic nitrogens is 1. The molecule has 1 fully saturated rings. The van der Waals surface area contributed by atoms with Crippen LogP contribution in [-0.2, 0) is 6.42 Å². The Balaban J connectivity index is 1.73. The van der Waals surface area contributed by atoms with Crippen LogP contribution < -0.4 is 5.32 Å². The molecule has 1 saturated carbocycles. The fourth-order valence-electron chi connectivity index (χ4n) is 2.38. The first-order valence-corrected chi connectivity index (χ1v) is 8.30. The lowest BCUT2D eigenvalue weighted by Crippen LogP contribution is -2.24. The monoisotopic (exact) mass is 306 g/mol. The maximum Gasteiger partial charge on any atom is 0.0896 e. The Morgan fingerprint density at radius 1 is 1.35 bits per heavy atom. The summed E-state index contributed by atoms with van der Waals surface area (Å²) >= 11 is 7.79. The summed E-state index contributed by atoms with van der Waals surface area (Å²) in [5.74, 6) is 0.493. The van der Waals surface area contributed by atoms with Gasteiger partial charge in [0.25, 0.3) is 0 Å². The van der Waals surface area contributed by atoms with E-state index in [9.17, 15) is 0 Å². The summed E-state index contributed by atoms with van der Waals surface area (Å²) in [5.41, 5.74) is 1.36. The maximum atomic E-state index is 5.99. The van der Waals surface area contributed by atoms with Gasteiger partial charge in [-0.25, -0.2) is 4.98 Å². The third-order valence-corrected chi connectivity index (χ3v) is 4.88. The van der Waals surface area contributed by atoms with E-state index in [1.807, 2.05) is 18.3 Å². The topological polar surface area (TPSA) is 24.9 Å². The van der Waals surface area contributed by atoms with E-state index in [1.54, 1.807) is 11.3 Å². The lowest BCUT2D eigenvalue weighted by Gasteiger charge is -2.17. The Hall–Kier alpha value is -0.900. The first-order valence-electron chi connectivity index (χ1n) is 7.11. The number of aryl methyl sites for hydroxylation is 1. The molecule has 1 heterocycles. The lowest BCUT2D eigenvalue weighted by molar-refractivity contribution is 0.579. The highest BCUT2D eigenvalue weighted by atomic mass is 35.5. The zero-order chi connectivity index (χ0) is 13.9. The summed E-state index contributed by atoms with van der Waals surface area (Å²) in [7, 11) is 0. The van der Waals surface area contributed by atoms with E-state index in [4.69, 9.17) is 11.6 Å². The second-order valence-electron chi connectivity index (χ2n) is 5.48. The summed E-state index contributed by atoms with van der Waals surface area (Å²) < 4.78 is 0. The fourth-order valence-corrected chi connectivity index (χ4v) is 3.38. The van der Waals surface area contributed by atoms with E-state index >= 15 is 0 Å². The number of thiazole rings is 1. The van der Waals surface area contributed by atoms with Gasteiger partial charge in [-0.15, -0.1) is 11.3 Å². The minimum atomic E-state index is 0.493. The van der Waals surface area contributed by atoms with Crippen LogP contribution in [0.1, 0.15) is 34.2 Å². The van der Waals surface area contributed by atoms with Crippen LogP contribution in [0.5, 0.6) is 0 Å². The molecule has 0 amide bonds. The van der Waals surface area contributed by atoms with Gasteiger partial charge < -0.3 is 5.32 Å². The minimum Gasteiger partial charge on any atom is -0.313 e. The van der Waals surface area contributed by atoms with Gasteiger partial charge in [0.1, 0.15) is 0 Å².